The van der Waals surface area contributed by atoms with E-state index in [0.29, 0.717) is 19.3 Å². The average Bonchev–Trinajstić information content (AvgIpc) is 2.08. The van der Waals surface area contributed by atoms with Crippen LogP contribution >= 0.6 is 0 Å². The Morgan fingerprint density at radius 2 is 1.50 bits per heavy atom. The van der Waals surface area contributed by atoms with Gasteiger partial charge in [0.15, 0.2) is 9.84 Å². The van der Waals surface area contributed by atoms with Crippen molar-refractivity contribution in [2.24, 2.45) is 0 Å². The summed E-state index contributed by atoms with van der Waals surface area (Å²) >= 11 is 0. The zero-order valence-electron chi connectivity index (χ0n) is 9.60. The second-order valence-electron chi connectivity index (χ2n) is 3.94. The molecule has 0 aromatic carbocycles. The van der Waals surface area contributed by atoms with Crippen LogP contribution in [0.1, 0.15) is 26.2 Å². The summed E-state index contributed by atoms with van der Waals surface area (Å²) in [7, 11) is -6.54. The molecule has 0 N–H and O–H groups in total. The summed E-state index contributed by atoms with van der Waals surface area (Å²) < 4.78 is 44.3. The molecule has 0 spiro atoms. The lowest BCUT2D eigenvalue weighted by atomic mass is 10.2. The molecule has 0 bridgehead atoms. The molecule has 5 nitrogen and oxygen atoms in total. The molecule has 0 aromatic rings. The molecular weight excluding hydrogens is 252 g/mol. The molecule has 7 heteroatoms. The van der Waals surface area contributed by atoms with Crippen LogP contribution in [0.3, 0.4) is 0 Å². The van der Waals surface area contributed by atoms with Crippen molar-refractivity contribution in [3.8, 4) is 0 Å². The number of hydrogen-bond acceptors (Lipinski definition) is 5. The van der Waals surface area contributed by atoms with Crippen LogP contribution in [0.5, 0.6) is 0 Å². The maximum absolute atomic E-state index is 11.4. The Balaban J connectivity index is 3.93. The van der Waals surface area contributed by atoms with Gasteiger partial charge in [-0.2, -0.15) is 0 Å². The summed E-state index contributed by atoms with van der Waals surface area (Å²) in [5, 5.41) is 0. The Morgan fingerprint density at radius 3 is 1.94 bits per heavy atom. The van der Waals surface area contributed by atoms with E-state index in [1.165, 1.54) is 6.92 Å². The number of sulfone groups is 2. The zero-order chi connectivity index (χ0) is 12.8. The second kappa shape index (κ2) is 6.34. The lowest BCUT2D eigenvalue weighted by molar-refractivity contribution is -0.117. The number of Topliss-reactive ketones (excluding diaryl/α,β-unsaturated/α-hetero) is 1. The highest BCUT2D eigenvalue weighted by molar-refractivity contribution is 7.94. The summed E-state index contributed by atoms with van der Waals surface area (Å²) in [6, 6.07) is 0. The fourth-order valence-electron chi connectivity index (χ4n) is 1.08. The third-order valence-electron chi connectivity index (χ3n) is 2.00. The number of ketones is 1. The van der Waals surface area contributed by atoms with E-state index in [1.54, 1.807) is 0 Å². The maximum atomic E-state index is 11.4. The number of rotatable bonds is 8. The molecule has 0 aliphatic carbocycles. The van der Waals surface area contributed by atoms with E-state index >= 15 is 0 Å². The van der Waals surface area contributed by atoms with Crippen LogP contribution in [0.4, 0.5) is 0 Å². The fraction of sp³-hybridized carbons (Fsp3) is 0.889. The van der Waals surface area contributed by atoms with Crippen LogP contribution in [-0.2, 0) is 24.5 Å². The number of carbonyl (C=O) groups excluding carboxylic acids is 1. The zero-order valence-corrected chi connectivity index (χ0v) is 11.2. The van der Waals surface area contributed by atoms with Gasteiger partial charge in [-0.1, -0.05) is 0 Å². The van der Waals surface area contributed by atoms with Crippen molar-refractivity contribution >= 4 is 25.5 Å². The highest BCUT2D eigenvalue weighted by Crippen LogP contribution is 2.02. The minimum absolute atomic E-state index is 0.0357. The van der Waals surface area contributed by atoms with E-state index < -0.39 is 19.7 Å². The molecule has 0 saturated heterocycles. The van der Waals surface area contributed by atoms with E-state index in [1.807, 2.05) is 0 Å². The first kappa shape index (κ1) is 15.6. The van der Waals surface area contributed by atoms with Gasteiger partial charge in [-0.05, 0) is 19.8 Å². The van der Waals surface area contributed by atoms with Gasteiger partial charge >= 0.3 is 0 Å². The van der Waals surface area contributed by atoms with Crippen LogP contribution < -0.4 is 0 Å². The van der Waals surface area contributed by atoms with Gasteiger partial charge in [-0.15, -0.1) is 0 Å². The predicted octanol–water partition coefficient (Wildman–Crippen LogP) is 0.205. The van der Waals surface area contributed by atoms with Crippen LogP contribution in [-0.4, -0.2) is 46.1 Å². The van der Waals surface area contributed by atoms with Crippen molar-refractivity contribution in [2.45, 2.75) is 26.2 Å². The van der Waals surface area contributed by atoms with Gasteiger partial charge in [-0.3, -0.25) is 0 Å². The van der Waals surface area contributed by atoms with Crippen molar-refractivity contribution in [2.75, 3.05) is 23.5 Å². The Kier molecular flexibility index (Phi) is 6.17. The fourth-order valence-corrected chi connectivity index (χ4v) is 4.15. The first-order chi connectivity index (χ1) is 7.12. The number of hydrogen-bond donors (Lipinski definition) is 0. The smallest absolute Gasteiger partial charge is 0.151 e. The van der Waals surface area contributed by atoms with E-state index in [0.717, 1.165) is 6.26 Å². The third-order valence-corrected chi connectivity index (χ3v) is 4.94. The van der Waals surface area contributed by atoms with Gasteiger partial charge in [0.25, 0.3) is 0 Å². The van der Waals surface area contributed by atoms with Gasteiger partial charge in [0.05, 0.1) is 17.3 Å². The molecule has 0 heterocycles. The molecule has 0 amide bonds. The minimum Gasteiger partial charge on any atom is -0.300 e. The topological polar surface area (TPSA) is 85.3 Å². The Labute approximate surface area is 97.1 Å². The highest BCUT2D eigenvalue weighted by atomic mass is 32.2. The van der Waals surface area contributed by atoms with Crippen molar-refractivity contribution < 1.29 is 21.6 Å². The molecule has 0 aromatic heterocycles. The quantitative estimate of drug-likeness (QED) is 0.588. The molecular formula is C9H18O5S2. The lowest BCUT2D eigenvalue weighted by Gasteiger charge is -2.02. The standard InChI is InChI=1S/C9H18O5S2/c1-9(10)5-3-4-6-16(13,14)8-7-15(2,11)12/h3-8H2,1-2H3. The summed E-state index contributed by atoms with van der Waals surface area (Å²) in [4.78, 5) is 10.6. The Bertz CT molecular complexity index is 419. The minimum atomic E-state index is -3.30. The molecule has 0 aliphatic heterocycles. The number of unbranched alkanes of at least 4 members (excludes halogenated alkanes) is 1. The van der Waals surface area contributed by atoms with Crippen LogP contribution in [0.15, 0.2) is 0 Å². The van der Waals surface area contributed by atoms with Crippen molar-refractivity contribution in [1.29, 1.82) is 0 Å². The normalized spacial score (nSPS) is 12.6. The SMILES string of the molecule is CC(=O)CCCCS(=O)(=O)CCS(C)(=O)=O. The molecule has 0 atom stereocenters. The first-order valence-corrected chi connectivity index (χ1v) is 8.88. The summed E-state index contributed by atoms with van der Waals surface area (Å²) in [5.74, 6) is -0.669. The Morgan fingerprint density at radius 1 is 0.938 bits per heavy atom. The molecule has 96 valence electrons. The van der Waals surface area contributed by atoms with Gasteiger partial charge in [-0.25, -0.2) is 16.8 Å². The molecule has 0 aliphatic rings. The van der Waals surface area contributed by atoms with Crippen molar-refractivity contribution in [1.82, 2.24) is 0 Å². The van der Waals surface area contributed by atoms with E-state index in [2.05, 4.69) is 0 Å². The molecule has 0 saturated carbocycles. The molecule has 0 unspecified atom stereocenters. The summed E-state index contributed by atoms with van der Waals surface area (Å²) in [5.41, 5.74) is 0. The van der Waals surface area contributed by atoms with Crippen LogP contribution in [0, 0.1) is 0 Å². The first-order valence-electron chi connectivity index (χ1n) is 5.00. The second-order valence-corrected chi connectivity index (χ2v) is 8.50. The average molecular weight is 270 g/mol. The van der Waals surface area contributed by atoms with Crippen LogP contribution in [0.2, 0.25) is 0 Å². The van der Waals surface area contributed by atoms with Gasteiger partial charge in [0.1, 0.15) is 15.6 Å². The largest absolute Gasteiger partial charge is 0.300 e. The molecule has 0 radical (unpaired) electrons. The number of carbonyl (C=O) groups is 1. The molecule has 0 rings (SSSR count). The predicted molar refractivity (Wildman–Crippen MR) is 62.9 cm³/mol. The Hall–Kier alpha value is -0.430. The highest BCUT2D eigenvalue weighted by Gasteiger charge is 2.14. The van der Waals surface area contributed by atoms with Gasteiger partial charge in [0.2, 0.25) is 0 Å². The van der Waals surface area contributed by atoms with E-state index in [9.17, 15) is 21.6 Å². The molecule has 16 heavy (non-hydrogen) atoms. The van der Waals surface area contributed by atoms with Crippen LogP contribution in [0.25, 0.3) is 0 Å². The van der Waals surface area contributed by atoms with E-state index in [4.69, 9.17) is 0 Å². The van der Waals surface area contributed by atoms with Gasteiger partial charge < -0.3 is 4.79 Å². The van der Waals surface area contributed by atoms with Crippen molar-refractivity contribution in [3.63, 3.8) is 0 Å². The summed E-state index contributed by atoms with van der Waals surface area (Å²) in [6.07, 6.45) is 2.33. The van der Waals surface area contributed by atoms with E-state index in [-0.39, 0.29) is 23.0 Å². The monoisotopic (exact) mass is 270 g/mol. The maximum Gasteiger partial charge on any atom is 0.151 e. The molecule has 0 fully saturated rings. The summed E-state index contributed by atoms with van der Waals surface area (Å²) in [6.45, 7) is 1.46. The van der Waals surface area contributed by atoms with Gasteiger partial charge in [0, 0.05) is 12.7 Å². The van der Waals surface area contributed by atoms with Crippen molar-refractivity contribution in [3.05, 3.63) is 0 Å². The third kappa shape index (κ3) is 10.1. The lowest BCUT2D eigenvalue weighted by Crippen LogP contribution is -2.18.